The summed E-state index contributed by atoms with van der Waals surface area (Å²) in [6.07, 6.45) is 4.69. The van der Waals surface area contributed by atoms with Gasteiger partial charge in [0.25, 0.3) is 0 Å². The number of benzene rings is 1. The van der Waals surface area contributed by atoms with Gasteiger partial charge in [-0.2, -0.15) is 0 Å². The zero-order valence-electron chi connectivity index (χ0n) is 10.0. The van der Waals surface area contributed by atoms with Crippen LogP contribution in [-0.4, -0.2) is 24.0 Å². The monoisotopic (exact) mass is 250 g/mol. The van der Waals surface area contributed by atoms with Crippen molar-refractivity contribution in [1.82, 2.24) is 4.90 Å². The van der Waals surface area contributed by atoms with Crippen LogP contribution < -0.4 is 5.73 Å². The highest BCUT2D eigenvalue weighted by Gasteiger charge is 2.29. The van der Waals surface area contributed by atoms with Gasteiger partial charge < -0.3 is 5.73 Å². The summed E-state index contributed by atoms with van der Waals surface area (Å²) in [5.41, 5.74) is 8.90. The molecular formula is C14H19ClN2. The van der Waals surface area contributed by atoms with Gasteiger partial charge in [0.05, 0.1) is 0 Å². The van der Waals surface area contributed by atoms with Crippen LogP contribution in [-0.2, 0) is 6.42 Å². The molecule has 3 rings (SSSR count). The Morgan fingerprint density at radius 1 is 1.18 bits per heavy atom. The van der Waals surface area contributed by atoms with Gasteiger partial charge in [0.2, 0.25) is 0 Å². The van der Waals surface area contributed by atoms with Gasteiger partial charge in [-0.25, -0.2) is 0 Å². The minimum atomic E-state index is 0.414. The van der Waals surface area contributed by atoms with Crippen molar-refractivity contribution in [2.75, 3.05) is 13.1 Å². The molecule has 0 amide bonds. The third-order valence-electron chi connectivity index (χ3n) is 4.17. The van der Waals surface area contributed by atoms with Crippen LogP contribution in [0.5, 0.6) is 0 Å². The van der Waals surface area contributed by atoms with Gasteiger partial charge in [0.1, 0.15) is 0 Å². The largest absolute Gasteiger partial charge is 0.328 e. The number of likely N-dealkylation sites (tertiary alicyclic amines) is 1. The molecule has 0 bridgehead atoms. The predicted octanol–water partition coefficient (Wildman–Crippen LogP) is 2.75. The first-order valence-corrected chi connectivity index (χ1v) is 6.90. The van der Waals surface area contributed by atoms with E-state index in [9.17, 15) is 0 Å². The molecule has 0 saturated carbocycles. The summed E-state index contributed by atoms with van der Waals surface area (Å²) >= 11 is 6.05. The minimum absolute atomic E-state index is 0.414. The smallest absolute Gasteiger partial charge is 0.0408 e. The van der Waals surface area contributed by atoms with Crippen molar-refractivity contribution in [2.45, 2.75) is 37.8 Å². The Balaban J connectivity index is 1.79. The van der Waals surface area contributed by atoms with Crippen molar-refractivity contribution in [3.8, 4) is 0 Å². The zero-order chi connectivity index (χ0) is 11.8. The van der Waals surface area contributed by atoms with Gasteiger partial charge in [-0.3, -0.25) is 4.90 Å². The second kappa shape index (κ2) is 4.60. The Bertz CT molecular complexity index is 411. The van der Waals surface area contributed by atoms with Gasteiger partial charge in [0.15, 0.2) is 0 Å². The second-order valence-electron chi connectivity index (χ2n) is 5.27. The second-order valence-corrected chi connectivity index (χ2v) is 5.71. The van der Waals surface area contributed by atoms with E-state index in [1.54, 1.807) is 0 Å². The molecule has 1 fully saturated rings. The fourth-order valence-electron chi connectivity index (χ4n) is 3.17. The van der Waals surface area contributed by atoms with Gasteiger partial charge in [0, 0.05) is 30.2 Å². The summed E-state index contributed by atoms with van der Waals surface area (Å²) in [7, 11) is 0. The number of nitrogens with zero attached hydrogens (tertiary/aromatic N) is 1. The fourth-order valence-corrected chi connectivity index (χ4v) is 3.37. The summed E-state index contributed by atoms with van der Waals surface area (Å²) in [5.74, 6) is 0. The van der Waals surface area contributed by atoms with Crippen molar-refractivity contribution >= 4 is 11.6 Å². The first kappa shape index (κ1) is 11.5. The third kappa shape index (κ3) is 2.22. The number of nitrogens with two attached hydrogens (primary N) is 1. The average Bonchev–Trinajstić information content (AvgIpc) is 2.73. The highest BCUT2D eigenvalue weighted by molar-refractivity contribution is 6.30. The Labute approximate surface area is 108 Å². The van der Waals surface area contributed by atoms with Gasteiger partial charge >= 0.3 is 0 Å². The highest BCUT2D eigenvalue weighted by Crippen LogP contribution is 2.37. The average molecular weight is 251 g/mol. The normalized spacial score (nSPS) is 26.1. The quantitative estimate of drug-likeness (QED) is 0.831. The molecule has 1 aromatic carbocycles. The summed E-state index contributed by atoms with van der Waals surface area (Å²) in [5, 5.41) is 0.866. The summed E-state index contributed by atoms with van der Waals surface area (Å²) in [6, 6.07) is 7.39. The molecule has 0 spiro atoms. The molecule has 2 N–H and O–H groups in total. The van der Waals surface area contributed by atoms with Gasteiger partial charge in [-0.05, 0) is 48.9 Å². The van der Waals surface area contributed by atoms with E-state index in [4.69, 9.17) is 17.3 Å². The van der Waals surface area contributed by atoms with E-state index >= 15 is 0 Å². The lowest BCUT2D eigenvalue weighted by Crippen LogP contribution is -2.41. The minimum Gasteiger partial charge on any atom is -0.328 e. The maximum Gasteiger partial charge on any atom is 0.0408 e. The lowest BCUT2D eigenvalue weighted by atomic mass is 10.0. The van der Waals surface area contributed by atoms with Crippen molar-refractivity contribution in [1.29, 1.82) is 0 Å². The highest BCUT2D eigenvalue weighted by atomic mass is 35.5. The zero-order valence-corrected chi connectivity index (χ0v) is 10.8. The van der Waals surface area contributed by atoms with Crippen LogP contribution >= 0.6 is 11.6 Å². The van der Waals surface area contributed by atoms with E-state index in [0.29, 0.717) is 12.1 Å². The molecule has 2 aliphatic rings. The third-order valence-corrected chi connectivity index (χ3v) is 4.40. The van der Waals surface area contributed by atoms with Crippen LogP contribution in [0.15, 0.2) is 18.2 Å². The predicted molar refractivity (Wildman–Crippen MR) is 71.3 cm³/mol. The molecule has 1 aliphatic heterocycles. The topological polar surface area (TPSA) is 29.3 Å². The van der Waals surface area contributed by atoms with Crippen LogP contribution in [0.2, 0.25) is 5.02 Å². The van der Waals surface area contributed by atoms with Crippen molar-refractivity contribution in [3.63, 3.8) is 0 Å². The van der Waals surface area contributed by atoms with E-state index < -0.39 is 0 Å². The van der Waals surface area contributed by atoms with Crippen LogP contribution in [0.25, 0.3) is 0 Å². The van der Waals surface area contributed by atoms with Gasteiger partial charge in [-0.15, -0.1) is 0 Å². The first-order valence-electron chi connectivity index (χ1n) is 6.52. The molecular weight excluding hydrogens is 232 g/mol. The number of rotatable bonds is 1. The van der Waals surface area contributed by atoms with E-state index in [1.807, 2.05) is 6.07 Å². The molecule has 92 valence electrons. The number of aryl methyl sites for hydroxylation is 1. The Kier molecular flexibility index (Phi) is 3.12. The van der Waals surface area contributed by atoms with Crippen LogP contribution in [0, 0.1) is 0 Å². The van der Waals surface area contributed by atoms with Crippen LogP contribution in [0.4, 0.5) is 0 Å². The number of hydrogen-bond donors (Lipinski definition) is 1. The number of halogens is 1. The maximum atomic E-state index is 6.05. The molecule has 1 aromatic rings. The maximum absolute atomic E-state index is 6.05. The standard InChI is InChI=1S/C14H19ClN2/c15-11-2-3-13-10(9-11)1-4-14(13)17-7-5-12(16)6-8-17/h2-3,9,12,14H,1,4-8,16H2. The molecule has 2 nitrogen and oxygen atoms in total. The Morgan fingerprint density at radius 3 is 2.71 bits per heavy atom. The molecule has 0 aromatic heterocycles. The first-order chi connectivity index (χ1) is 8.24. The molecule has 1 heterocycles. The van der Waals surface area contributed by atoms with E-state index in [1.165, 1.54) is 24.0 Å². The molecule has 1 saturated heterocycles. The molecule has 0 radical (unpaired) electrons. The van der Waals surface area contributed by atoms with E-state index in [0.717, 1.165) is 31.0 Å². The summed E-state index contributed by atoms with van der Waals surface area (Å²) in [4.78, 5) is 2.60. The lowest BCUT2D eigenvalue weighted by Gasteiger charge is -2.35. The molecule has 1 aliphatic carbocycles. The Hall–Kier alpha value is -0.570. The summed E-state index contributed by atoms with van der Waals surface area (Å²) in [6.45, 7) is 2.29. The van der Waals surface area contributed by atoms with Crippen molar-refractivity contribution in [3.05, 3.63) is 34.3 Å². The van der Waals surface area contributed by atoms with E-state index in [2.05, 4.69) is 17.0 Å². The van der Waals surface area contributed by atoms with Crippen molar-refractivity contribution in [2.24, 2.45) is 5.73 Å². The molecule has 3 heteroatoms. The van der Waals surface area contributed by atoms with Crippen molar-refractivity contribution < 1.29 is 0 Å². The van der Waals surface area contributed by atoms with Gasteiger partial charge in [-0.1, -0.05) is 17.7 Å². The summed E-state index contributed by atoms with van der Waals surface area (Å²) < 4.78 is 0. The fraction of sp³-hybridized carbons (Fsp3) is 0.571. The number of hydrogen-bond acceptors (Lipinski definition) is 2. The number of fused-ring (bicyclic) bond motifs is 1. The van der Waals surface area contributed by atoms with Crippen LogP contribution in [0.1, 0.15) is 36.4 Å². The Morgan fingerprint density at radius 2 is 1.94 bits per heavy atom. The number of piperidine rings is 1. The van der Waals surface area contributed by atoms with E-state index in [-0.39, 0.29) is 0 Å². The SMILES string of the molecule is NC1CCN(C2CCc3cc(Cl)ccc32)CC1. The lowest BCUT2D eigenvalue weighted by molar-refractivity contribution is 0.153. The molecule has 1 unspecified atom stereocenters. The molecule has 1 atom stereocenters. The molecule has 17 heavy (non-hydrogen) atoms. The van der Waals surface area contributed by atoms with Crippen LogP contribution in [0.3, 0.4) is 0 Å².